The molecule has 1 aromatic rings. The summed E-state index contributed by atoms with van der Waals surface area (Å²) < 4.78 is 27.5. The van der Waals surface area contributed by atoms with Crippen molar-refractivity contribution in [1.29, 1.82) is 0 Å². The number of alkyl halides is 2. The van der Waals surface area contributed by atoms with E-state index >= 15 is 0 Å². The Hall–Kier alpha value is -1.62. The number of rotatable bonds is 7. The van der Waals surface area contributed by atoms with E-state index in [1.54, 1.807) is 11.3 Å². The number of aliphatic hydroxyl groups is 1. The van der Waals surface area contributed by atoms with Gasteiger partial charge >= 0.3 is 0 Å². The average molecular weight is 445 g/mol. The molecule has 5 atom stereocenters. The third-order valence-corrected chi connectivity index (χ3v) is 6.85. The van der Waals surface area contributed by atoms with Crippen LogP contribution in [0.4, 0.5) is 8.78 Å². The Morgan fingerprint density at radius 1 is 1.27 bits per heavy atom. The van der Waals surface area contributed by atoms with E-state index in [2.05, 4.69) is 5.32 Å². The molecule has 0 bridgehead atoms. The molecular weight excluding hydrogens is 414 g/mol. The number of nitrogens with two attached hydrogens (primary N) is 1. The maximum atomic E-state index is 14.2. The summed E-state index contributed by atoms with van der Waals surface area (Å²) >= 11 is 1.58. The van der Waals surface area contributed by atoms with Crippen LogP contribution in [0.2, 0.25) is 0 Å². The van der Waals surface area contributed by atoms with Gasteiger partial charge < -0.3 is 21.1 Å². The number of thiophene rings is 1. The van der Waals surface area contributed by atoms with Crippen molar-refractivity contribution < 1.29 is 23.5 Å². The van der Waals surface area contributed by atoms with E-state index in [0.717, 1.165) is 4.88 Å². The van der Waals surface area contributed by atoms with Gasteiger partial charge in [0.1, 0.15) is 18.4 Å². The highest BCUT2D eigenvalue weighted by Crippen LogP contribution is 2.28. The zero-order valence-electron chi connectivity index (χ0n) is 16.9. The van der Waals surface area contributed by atoms with Crippen LogP contribution in [0.5, 0.6) is 0 Å². The van der Waals surface area contributed by atoms with E-state index in [9.17, 15) is 23.5 Å². The van der Waals surface area contributed by atoms with E-state index in [-0.39, 0.29) is 12.5 Å². The fourth-order valence-electron chi connectivity index (χ4n) is 4.11. The highest BCUT2D eigenvalue weighted by molar-refractivity contribution is 7.09. The van der Waals surface area contributed by atoms with Gasteiger partial charge in [-0.1, -0.05) is 6.07 Å². The van der Waals surface area contributed by atoms with Gasteiger partial charge in [0.15, 0.2) is 6.10 Å². The SMILES string of the molecule is N[C@@H](C(=O)N1CCN(C2CCC(F)CC2F)CC1)[C@@H](O)C(=O)NCCc1cccs1. The Bertz CT molecular complexity index is 700. The first-order valence-corrected chi connectivity index (χ1v) is 11.3. The second-order valence-electron chi connectivity index (χ2n) is 7.95. The van der Waals surface area contributed by atoms with Crippen molar-refractivity contribution in [3.63, 3.8) is 0 Å². The number of hydrogen-bond donors (Lipinski definition) is 3. The molecule has 3 rings (SSSR count). The number of aliphatic hydroxyl groups excluding tert-OH is 1. The fraction of sp³-hybridized carbons (Fsp3) is 0.700. The lowest BCUT2D eigenvalue weighted by Crippen LogP contribution is -2.60. The van der Waals surface area contributed by atoms with Crippen LogP contribution in [0.25, 0.3) is 0 Å². The molecule has 2 fully saturated rings. The fourth-order valence-corrected chi connectivity index (χ4v) is 4.82. The molecular formula is C20H30F2N4O3S. The van der Waals surface area contributed by atoms with Crippen molar-refractivity contribution in [3.8, 4) is 0 Å². The molecule has 10 heteroatoms. The lowest BCUT2D eigenvalue weighted by Gasteiger charge is -2.43. The number of carbonyl (C=O) groups is 2. The lowest BCUT2D eigenvalue weighted by atomic mass is 9.90. The smallest absolute Gasteiger partial charge is 0.251 e. The van der Waals surface area contributed by atoms with Gasteiger partial charge in [0.25, 0.3) is 5.91 Å². The molecule has 0 aromatic carbocycles. The Labute approximate surface area is 179 Å². The topological polar surface area (TPSA) is 98.9 Å². The van der Waals surface area contributed by atoms with Crippen molar-refractivity contribution in [3.05, 3.63) is 22.4 Å². The molecule has 2 aliphatic rings. The van der Waals surface area contributed by atoms with Crippen LogP contribution >= 0.6 is 11.3 Å². The van der Waals surface area contributed by atoms with Gasteiger partial charge in [0.05, 0.1) is 0 Å². The molecule has 2 amide bonds. The minimum Gasteiger partial charge on any atom is -0.381 e. The molecule has 1 aliphatic heterocycles. The maximum Gasteiger partial charge on any atom is 0.251 e. The molecule has 4 N–H and O–H groups in total. The monoisotopic (exact) mass is 444 g/mol. The molecule has 1 aliphatic carbocycles. The van der Waals surface area contributed by atoms with Crippen LogP contribution in [0.15, 0.2) is 17.5 Å². The number of piperazine rings is 1. The number of carbonyl (C=O) groups excluding carboxylic acids is 2. The van der Waals surface area contributed by atoms with Gasteiger partial charge in [0, 0.05) is 50.1 Å². The highest BCUT2D eigenvalue weighted by Gasteiger charge is 2.38. The number of nitrogens with zero attached hydrogens (tertiary/aromatic N) is 2. The molecule has 1 saturated heterocycles. The Kier molecular flexibility index (Phi) is 8.15. The zero-order valence-corrected chi connectivity index (χ0v) is 17.7. The maximum absolute atomic E-state index is 14.2. The first-order valence-electron chi connectivity index (χ1n) is 10.4. The number of nitrogens with one attached hydrogen (secondary N) is 1. The molecule has 3 unspecified atom stereocenters. The lowest BCUT2D eigenvalue weighted by molar-refractivity contribution is -0.143. The molecule has 1 aromatic heterocycles. The zero-order chi connectivity index (χ0) is 21.7. The summed E-state index contributed by atoms with van der Waals surface area (Å²) in [6.07, 6.45) is -2.49. The predicted molar refractivity (Wildman–Crippen MR) is 111 cm³/mol. The number of hydrogen-bond acceptors (Lipinski definition) is 6. The van der Waals surface area contributed by atoms with E-state index in [1.807, 2.05) is 22.4 Å². The van der Waals surface area contributed by atoms with Crippen molar-refractivity contribution >= 4 is 23.2 Å². The number of amides is 2. The quantitative estimate of drug-likeness (QED) is 0.568. The van der Waals surface area contributed by atoms with Crippen molar-refractivity contribution in [2.45, 2.75) is 56.2 Å². The normalized spacial score (nSPS) is 27.5. The Morgan fingerprint density at radius 3 is 2.63 bits per heavy atom. The van der Waals surface area contributed by atoms with Crippen LogP contribution in [0.1, 0.15) is 24.1 Å². The largest absolute Gasteiger partial charge is 0.381 e. The van der Waals surface area contributed by atoms with Crippen LogP contribution in [-0.2, 0) is 16.0 Å². The summed E-state index contributed by atoms with van der Waals surface area (Å²) in [5, 5.41) is 14.7. The van der Waals surface area contributed by atoms with Crippen LogP contribution in [0.3, 0.4) is 0 Å². The summed E-state index contributed by atoms with van der Waals surface area (Å²) in [5.74, 6) is -1.17. The summed E-state index contributed by atoms with van der Waals surface area (Å²) in [7, 11) is 0. The van der Waals surface area contributed by atoms with Crippen LogP contribution in [-0.4, -0.2) is 90.0 Å². The second kappa shape index (κ2) is 10.6. The van der Waals surface area contributed by atoms with Crippen molar-refractivity contribution in [2.24, 2.45) is 5.73 Å². The molecule has 7 nitrogen and oxygen atoms in total. The summed E-state index contributed by atoms with van der Waals surface area (Å²) in [6, 6.07) is 2.21. The average Bonchev–Trinajstić information content (AvgIpc) is 3.26. The third-order valence-electron chi connectivity index (χ3n) is 5.91. The van der Waals surface area contributed by atoms with Crippen LogP contribution < -0.4 is 11.1 Å². The molecule has 1 saturated carbocycles. The van der Waals surface area contributed by atoms with Gasteiger partial charge in [-0.3, -0.25) is 14.5 Å². The summed E-state index contributed by atoms with van der Waals surface area (Å²) in [4.78, 5) is 29.3. The highest BCUT2D eigenvalue weighted by atomic mass is 32.1. The van der Waals surface area contributed by atoms with Crippen molar-refractivity contribution in [2.75, 3.05) is 32.7 Å². The predicted octanol–water partition coefficient (Wildman–Crippen LogP) is 0.468. The second-order valence-corrected chi connectivity index (χ2v) is 8.98. The Morgan fingerprint density at radius 2 is 2.00 bits per heavy atom. The number of halogens is 2. The van der Waals surface area contributed by atoms with Gasteiger partial charge in [-0.25, -0.2) is 8.78 Å². The summed E-state index contributed by atoms with van der Waals surface area (Å²) in [6.45, 7) is 1.94. The third kappa shape index (κ3) is 5.75. The van der Waals surface area contributed by atoms with Gasteiger partial charge in [0.2, 0.25) is 5.91 Å². The van der Waals surface area contributed by atoms with E-state index in [0.29, 0.717) is 52.0 Å². The van der Waals surface area contributed by atoms with Gasteiger partial charge in [-0.15, -0.1) is 11.3 Å². The van der Waals surface area contributed by atoms with Gasteiger partial charge in [-0.2, -0.15) is 0 Å². The summed E-state index contributed by atoms with van der Waals surface area (Å²) in [5.41, 5.74) is 5.86. The molecule has 0 spiro atoms. The molecule has 30 heavy (non-hydrogen) atoms. The molecule has 168 valence electrons. The van der Waals surface area contributed by atoms with E-state index < -0.39 is 36.3 Å². The van der Waals surface area contributed by atoms with Crippen LogP contribution in [0, 0.1) is 0 Å². The van der Waals surface area contributed by atoms with Gasteiger partial charge in [-0.05, 0) is 30.7 Å². The van der Waals surface area contributed by atoms with Crippen molar-refractivity contribution in [1.82, 2.24) is 15.1 Å². The molecule has 0 radical (unpaired) electrons. The first-order chi connectivity index (χ1) is 14.4. The van der Waals surface area contributed by atoms with E-state index in [1.165, 1.54) is 4.90 Å². The standard InChI is InChI=1S/C20H30F2N4O3S/c21-13-3-4-16(15(22)12-13)25-7-9-26(10-8-25)20(29)17(23)18(27)19(28)24-6-5-14-2-1-11-30-14/h1-2,11,13,15-18,27H,3-10,12,23H2,(H,24,28)/t13?,15?,16?,17-,18-/m1/s1. The Balaban J connectivity index is 1.42. The van der Waals surface area contributed by atoms with E-state index in [4.69, 9.17) is 5.73 Å². The molecule has 2 heterocycles. The minimum absolute atomic E-state index is 0.0670. The minimum atomic E-state index is -1.63. The first kappa shape index (κ1) is 23.1.